The van der Waals surface area contributed by atoms with Gasteiger partial charge in [-0.1, -0.05) is 0 Å². The second-order valence-corrected chi connectivity index (χ2v) is 6.07. The average molecular weight is 260 g/mol. The Morgan fingerprint density at radius 2 is 1.50 bits per heavy atom. The van der Waals surface area contributed by atoms with Gasteiger partial charge in [-0.05, 0) is 27.7 Å². The summed E-state index contributed by atoms with van der Waals surface area (Å²) in [5.41, 5.74) is -0.888. The summed E-state index contributed by atoms with van der Waals surface area (Å²) in [6.45, 7) is 7.79. The summed E-state index contributed by atoms with van der Waals surface area (Å²) in [5, 5.41) is 10.4. The molecule has 3 fully saturated rings. The van der Waals surface area contributed by atoms with Crippen molar-refractivity contribution in [1.82, 2.24) is 0 Å². The molecule has 0 bridgehead atoms. The number of aliphatic hydroxyl groups is 1. The molecule has 3 aliphatic heterocycles. The maximum absolute atomic E-state index is 10.4. The number of fused-ring (bicyclic) bond motifs is 1. The third-order valence-corrected chi connectivity index (χ3v) is 3.62. The Balaban J connectivity index is 1.75. The molecule has 0 radical (unpaired) electrons. The fourth-order valence-electron chi connectivity index (χ4n) is 2.58. The summed E-state index contributed by atoms with van der Waals surface area (Å²) in [6.07, 6.45) is -1.88. The largest absolute Gasteiger partial charge is 0.387 e. The molecule has 3 aliphatic rings. The van der Waals surface area contributed by atoms with Gasteiger partial charge in [0, 0.05) is 0 Å². The van der Waals surface area contributed by atoms with Crippen molar-refractivity contribution in [3.63, 3.8) is 0 Å². The van der Waals surface area contributed by atoms with Crippen molar-refractivity contribution in [3.05, 3.63) is 0 Å². The van der Waals surface area contributed by atoms with Gasteiger partial charge in [-0.25, -0.2) is 0 Å². The molecule has 2 unspecified atom stereocenters. The van der Waals surface area contributed by atoms with Crippen LogP contribution in [0.4, 0.5) is 0 Å². The fourth-order valence-corrected chi connectivity index (χ4v) is 2.58. The van der Waals surface area contributed by atoms with E-state index < -0.39 is 35.7 Å². The monoisotopic (exact) mass is 260 g/mol. The van der Waals surface area contributed by atoms with E-state index in [9.17, 15) is 5.11 Å². The van der Waals surface area contributed by atoms with Gasteiger partial charge < -0.3 is 28.8 Å². The van der Waals surface area contributed by atoms with Crippen LogP contribution in [-0.2, 0) is 23.7 Å². The van der Waals surface area contributed by atoms with Crippen molar-refractivity contribution in [2.45, 2.75) is 63.4 Å². The van der Waals surface area contributed by atoms with Gasteiger partial charge in [-0.15, -0.1) is 0 Å². The molecule has 0 saturated carbocycles. The predicted octanol–water partition coefficient (Wildman–Crippen LogP) is 0.377. The van der Waals surface area contributed by atoms with Gasteiger partial charge in [0.25, 0.3) is 0 Å². The number of hydrogen-bond donors (Lipinski definition) is 1. The molecule has 6 nitrogen and oxygen atoms in total. The van der Waals surface area contributed by atoms with Crippen molar-refractivity contribution in [2.75, 3.05) is 13.2 Å². The lowest BCUT2D eigenvalue weighted by Gasteiger charge is -2.42. The number of rotatable bonds is 0. The van der Waals surface area contributed by atoms with Gasteiger partial charge in [0.05, 0.1) is 13.2 Å². The van der Waals surface area contributed by atoms with E-state index >= 15 is 0 Å². The van der Waals surface area contributed by atoms with E-state index in [2.05, 4.69) is 0 Å². The predicted molar refractivity (Wildman–Crippen MR) is 59.6 cm³/mol. The highest BCUT2D eigenvalue weighted by atomic mass is 16.9. The molecule has 6 heteroatoms. The topological polar surface area (TPSA) is 66.4 Å². The Hall–Kier alpha value is -0.240. The Morgan fingerprint density at radius 3 is 2.06 bits per heavy atom. The molecular weight excluding hydrogens is 240 g/mol. The quantitative estimate of drug-likeness (QED) is 0.679. The van der Waals surface area contributed by atoms with E-state index in [0.29, 0.717) is 0 Å². The summed E-state index contributed by atoms with van der Waals surface area (Å²) in [5.74, 6) is -1.37. The third kappa shape index (κ3) is 1.88. The van der Waals surface area contributed by atoms with E-state index in [1.54, 1.807) is 13.8 Å². The van der Waals surface area contributed by atoms with E-state index in [-0.39, 0.29) is 13.2 Å². The summed E-state index contributed by atoms with van der Waals surface area (Å²) >= 11 is 0. The smallest absolute Gasteiger partial charge is 0.190 e. The highest BCUT2D eigenvalue weighted by molar-refractivity contribution is 5.04. The molecule has 0 aromatic carbocycles. The van der Waals surface area contributed by atoms with Crippen LogP contribution < -0.4 is 0 Å². The highest BCUT2D eigenvalue weighted by Crippen LogP contribution is 2.44. The summed E-state index contributed by atoms with van der Waals surface area (Å²) in [6, 6.07) is 0. The Morgan fingerprint density at radius 1 is 0.889 bits per heavy atom. The van der Waals surface area contributed by atoms with Crippen LogP contribution in [0.3, 0.4) is 0 Å². The minimum Gasteiger partial charge on any atom is -0.387 e. The molecule has 1 spiro atoms. The minimum absolute atomic E-state index is 0.265. The fraction of sp³-hybridized carbons (Fsp3) is 1.00. The molecule has 0 amide bonds. The Bertz CT molecular complexity index is 342. The van der Waals surface area contributed by atoms with E-state index in [0.717, 1.165) is 0 Å². The van der Waals surface area contributed by atoms with Crippen LogP contribution in [0.1, 0.15) is 27.7 Å². The van der Waals surface area contributed by atoms with Gasteiger partial charge in [0.2, 0.25) is 0 Å². The maximum atomic E-state index is 10.4. The summed E-state index contributed by atoms with van der Waals surface area (Å²) < 4.78 is 28.2. The van der Waals surface area contributed by atoms with Crippen molar-refractivity contribution >= 4 is 0 Å². The summed E-state index contributed by atoms with van der Waals surface area (Å²) in [7, 11) is 0. The van der Waals surface area contributed by atoms with Crippen molar-refractivity contribution in [3.8, 4) is 0 Å². The molecule has 0 aromatic rings. The molecule has 104 valence electrons. The zero-order valence-electron chi connectivity index (χ0n) is 11.1. The second kappa shape index (κ2) is 3.65. The molecule has 3 atom stereocenters. The van der Waals surface area contributed by atoms with Crippen LogP contribution in [-0.4, -0.2) is 54.0 Å². The van der Waals surface area contributed by atoms with Crippen LogP contribution in [0.15, 0.2) is 0 Å². The highest BCUT2D eigenvalue weighted by Gasteiger charge is 2.63. The first-order valence-corrected chi connectivity index (χ1v) is 6.23. The van der Waals surface area contributed by atoms with Crippen LogP contribution in [0, 0.1) is 0 Å². The number of aliphatic hydroxyl groups excluding tert-OH is 1. The molecule has 18 heavy (non-hydrogen) atoms. The van der Waals surface area contributed by atoms with E-state index in [1.807, 2.05) is 13.8 Å². The van der Waals surface area contributed by atoms with Crippen LogP contribution in [0.25, 0.3) is 0 Å². The van der Waals surface area contributed by atoms with Crippen LogP contribution >= 0.6 is 0 Å². The lowest BCUT2D eigenvalue weighted by molar-refractivity contribution is -0.338. The van der Waals surface area contributed by atoms with Gasteiger partial charge in [-0.3, -0.25) is 0 Å². The number of ether oxygens (including phenoxy) is 5. The van der Waals surface area contributed by atoms with E-state index in [4.69, 9.17) is 23.7 Å². The first-order valence-electron chi connectivity index (χ1n) is 6.23. The van der Waals surface area contributed by atoms with Gasteiger partial charge in [0.1, 0.15) is 17.8 Å². The second-order valence-electron chi connectivity index (χ2n) is 6.07. The Labute approximate surface area is 106 Å². The maximum Gasteiger partial charge on any atom is 0.190 e. The van der Waals surface area contributed by atoms with Gasteiger partial charge in [-0.2, -0.15) is 0 Å². The van der Waals surface area contributed by atoms with Gasteiger partial charge in [0.15, 0.2) is 17.9 Å². The van der Waals surface area contributed by atoms with E-state index in [1.165, 1.54) is 0 Å². The molecule has 3 heterocycles. The first kappa shape index (κ1) is 12.8. The average Bonchev–Trinajstić information content (AvgIpc) is 2.66. The minimum atomic E-state index is -0.888. The number of hydrogen-bond acceptors (Lipinski definition) is 6. The molecular formula is C12H20O6. The molecule has 0 aromatic heterocycles. The summed E-state index contributed by atoms with van der Waals surface area (Å²) in [4.78, 5) is 0. The zero-order valence-corrected chi connectivity index (χ0v) is 11.1. The molecule has 3 rings (SSSR count). The van der Waals surface area contributed by atoms with Crippen LogP contribution in [0.5, 0.6) is 0 Å². The van der Waals surface area contributed by atoms with Gasteiger partial charge >= 0.3 is 0 Å². The Kier molecular flexibility index (Phi) is 2.59. The van der Waals surface area contributed by atoms with Crippen molar-refractivity contribution in [1.29, 1.82) is 0 Å². The van der Waals surface area contributed by atoms with Crippen molar-refractivity contribution < 1.29 is 28.8 Å². The lowest BCUT2D eigenvalue weighted by atomic mass is 9.96. The zero-order chi connectivity index (χ0) is 13.2. The van der Waals surface area contributed by atoms with Crippen LogP contribution in [0.2, 0.25) is 0 Å². The molecule has 1 N–H and O–H groups in total. The normalized spacial score (nSPS) is 44.2. The standard InChI is InChI=1S/C12H20O6/c1-10(2)14-5-12(6-15-10)8(13)7-9(18-12)17-11(3,4)16-7/h7-9,13H,5-6H2,1-4H3/t7?,8?,9-/m0/s1. The van der Waals surface area contributed by atoms with Crippen molar-refractivity contribution in [2.24, 2.45) is 0 Å². The molecule has 3 saturated heterocycles. The third-order valence-electron chi connectivity index (χ3n) is 3.62. The molecule has 0 aliphatic carbocycles. The first-order chi connectivity index (χ1) is 8.23. The lowest BCUT2D eigenvalue weighted by Crippen LogP contribution is -2.58. The SMILES string of the molecule is CC1(C)OCC2(CO1)O[C@@H]1OC(C)(C)OC1C2O.